The Labute approximate surface area is 176 Å². The third kappa shape index (κ3) is 8.26. The first-order valence-electron chi connectivity index (χ1n) is 10.4. The maximum Gasteiger partial charge on any atom is 0.191 e. The van der Waals surface area contributed by atoms with Crippen LogP contribution in [0.4, 0.5) is 0 Å². The van der Waals surface area contributed by atoms with E-state index in [0.717, 1.165) is 38.6 Å². The van der Waals surface area contributed by atoms with Crippen molar-refractivity contribution < 1.29 is 0 Å². The molecule has 0 aromatic heterocycles. The molecular weight excluding hydrogens is 358 g/mol. The fraction of sp³-hybridized carbons (Fsp3) is 0.458. The average Bonchev–Trinajstić information content (AvgIpc) is 2.71. The summed E-state index contributed by atoms with van der Waals surface area (Å²) in [6.45, 7) is 5.84. The van der Waals surface area contributed by atoms with Gasteiger partial charge in [0.05, 0.1) is 0 Å². The lowest BCUT2D eigenvalue weighted by Gasteiger charge is -2.25. The number of hydrogen-bond donors (Lipinski definition) is 2. The molecule has 0 aliphatic rings. The van der Waals surface area contributed by atoms with Crippen LogP contribution in [0.15, 0.2) is 59.6 Å². The van der Waals surface area contributed by atoms with Crippen LogP contribution >= 0.6 is 0 Å². The highest BCUT2D eigenvalue weighted by Crippen LogP contribution is 2.10. The highest BCUT2D eigenvalue weighted by atomic mass is 15.2. The monoisotopic (exact) mass is 395 g/mol. The molecule has 2 N–H and O–H groups in total. The topological polar surface area (TPSA) is 42.9 Å². The highest BCUT2D eigenvalue weighted by Gasteiger charge is 2.10. The molecule has 0 aliphatic carbocycles. The van der Waals surface area contributed by atoms with Crippen LogP contribution in [0.25, 0.3) is 0 Å². The van der Waals surface area contributed by atoms with Gasteiger partial charge in [-0.1, -0.05) is 54.6 Å². The summed E-state index contributed by atoms with van der Waals surface area (Å²) in [6.07, 6.45) is 1.06. The third-order valence-electron chi connectivity index (χ3n) is 5.16. The van der Waals surface area contributed by atoms with Gasteiger partial charge in [-0.3, -0.25) is 9.89 Å². The molecule has 0 fully saturated rings. The number of hydrogen-bond acceptors (Lipinski definition) is 3. The molecular formula is C24H37N5. The van der Waals surface area contributed by atoms with E-state index < -0.39 is 0 Å². The summed E-state index contributed by atoms with van der Waals surface area (Å²) in [5.41, 5.74) is 4.00. The van der Waals surface area contributed by atoms with Gasteiger partial charge in [-0.25, -0.2) is 0 Å². The van der Waals surface area contributed by atoms with Crippen LogP contribution in [0.2, 0.25) is 0 Å². The molecule has 2 rings (SSSR count). The normalized spacial score (nSPS) is 13.0. The van der Waals surface area contributed by atoms with E-state index in [2.05, 4.69) is 108 Å². The minimum atomic E-state index is 0.488. The average molecular weight is 396 g/mol. The van der Waals surface area contributed by atoms with Gasteiger partial charge in [-0.05, 0) is 51.2 Å². The SMILES string of the molecule is CN=C(NCCC(C)N(C)Cc1ccccc1)NCc1ccccc1CN(C)C. The molecule has 0 heterocycles. The number of rotatable bonds is 10. The molecule has 2 aromatic carbocycles. The van der Waals surface area contributed by atoms with Gasteiger partial charge in [-0.2, -0.15) is 0 Å². The Kier molecular flexibility index (Phi) is 9.68. The van der Waals surface area contributed by atoms with Gasteiger partial charge in [0, 0.05) is 39.3 Å². The first-order valence-corrected chi connectivity index (χ1v) is 10.4. The Bertz CT molecular complexity index is 742. The van der Waals surface area contributed by atoms with Gasteiger partial charge in [0.2, 0.25) is 0 Å². The second-order valence-corrected chi connectivity index (χ2v) is 7.90. The van der Waals surface area contributed by atoms with Crippen LogP contribution in [-0.2, 0) is 19.6 Å². The quantitative estimate of drug-likeness (QED) is 0.478. The Morgan fingerprint density at radius 2 is 1.55 bits per heavy atom. The third-order valence-corrected chi connectivity index (χ3v) is 5.16. The standard InChI is InChI=1S/C24H37N5/c1-20(29(5)18-21-11-7-6-8-12-21)15-16-26-24(25-2)27-17-22-13-9-10-14-23(22)19-28(3)4/h6-14,20H,15-19H2,1-5H3,(H2,25,26,27). The van der Waals surface area contributed by atoms with E-state index in [4.69, 9.17) is 0 Å². The lowest BCUT2D eigenvalue weighted by molar-refractivity contribution is 0.238. The molecule has 0 saturated carbocycles. The summed E-state index contributed by atoms with van der Waals surface area (Å²) in [7, 11) is 8.21. The van der Waals surface area contributed by atoms with Crippen LogP contribution in [0, 0.1) is 0 Å². The maximum absolute atomic E-state index is 4.37. The molecule has 0 amide bonds. The molecule has 2 aromatic rings. The summed E-state index contributed by atoms with van der Waals surface area (Å²) >= 11 is 0. The van der Waals surface area contributed by atoms with Crippen molar-refractivity contribution in [1.82, 2.24) is 20.4 Å². The zero-order chi connectivity index (χ0) is 21.1. The van der Waals surface area contributed by atoms with Gasteiger partial charge in [0.15, 0.2) is 5.96 Å². The molecule has 5 nitrogen and oxygen atoms in total. The molecule has 0 aliphatic heterocycles. The molecule has 0 radical (unpaired) electrons. The van der Waals surface area contributed by atoms with Crippen LogP contribution in [-0.4, -0.2) is 56.5 Å². The summed E-state index contributed by atoms with van der Waals surface area (Å²) in [5.74, 6) is 0.850. The molecule has 1 atom stereocenters. The van der Waals surface area contributed by atoms with Crippen molar-refractivity contribution in [3.8, 4) is 0 Å². The van der Waals surface area contributed by atoms with Crippen molar-refractivity contribution in [3.05, 3.63) is 71.3 Å². The van der Waals surface area contributed by atoms with Crippen molar-refractivity contribution >= 4 is 5.96 Å². The Hall–Kier alpha value is -2.37. The number of nitrogens with zero attached hydrogens (tertiary/aromatic N) is 3. The second-order valence-electron chi connectivity index (χ2n) is 7.90. The van der Waals surface area contributed by atoms with Gasteiger partial charge in [-0.15, -0.1) is 0 Å². The molecule has 1 unspecified atom stereocenters. The number of guanidine groups is 1. The molecule has 0 spiro atoms. The minimum Gasteiger partial charge on any atom is -0.356 e. The predicted octanol–water partition coefficient (Wildman–Crippen LogP) is 3.32. The van der Waals surface area contributed by atoms with E-state index in [1.807, 2.05) is 7.05 Å². The maximum atomic E-state index is 4.37. The van der Waals surface area contributed by atoms with Crippen molar-refractivity contribution in [1.29, 1.82) is 0 Å². The van der Waals surface area contributed by atoms with E-state index in [0.29, 0.717) is 6.04 Å². The first kappa shape index (κ1) is 22.9. The predicted molar refractivity (Wildman–Crippen MR) is 124 cm³/mol. The smallest absolute Gasteiger partial charge is 0.191 e. The van der Waals surface area contributed by atoms with Gasteiger partial charge >= 0.3 is 0 Å². The van der Waals surface area contributed by atoms with Crippen LogP contribution in [0.1, 0.15) is 30.0 Å². The zero-order valence-corrected chi connectivity index (χ0v) is 18.7. The van der Waals surface area contributed by atoms with Crippen molar-refractivity contribution in [2.45, 2.75) is 39.0 Å². The summed E-state index contributed by atoms with van der Waals surface area (Å²) in [5, 5.41) is 6.90. The molecule has 29 heavy (non-hydrogen) atoms. The summed E-state index contributed by atoms with van der Waals surface area (Å²) < 4.78 is 0. The summed E-state index contributed by atoms with van der Waals surface area (Å²) in [4.78, 5) is 8.96. The Balaban J connectivity index is 1.76. The Morgan fingerprint density at radius 1 is 0.897 bits per heavy atom. The van der Waals surface area contributed by atoms with Crippen molar-refractivity contribution in [2.24, 2.45) is 4.99 Å². The van der Waals surface area contributed by atoms with Crippen LogP contribution in [0.5, 0.6) is 0 Å². The minimum absolute atomic E-state index is 0.488. The van der Waals surface area contributed by atoms with Crippen LogP contribution in [0.3, 0.4) is 0 Å². The summed E-state index contributed by atoms with van der Waals surface area (Å²) in [6, 6.07) is 19.7. The highest BCUT2D eigenvalue weighted by molar-refractivity contribution is 5.79. The fourth-order valence-electron chi connectivity index (χ4n) is 3.27. The van der Waals surface area contributed by atoms with E-state index in [1.165, 1.54) is 16.7 Å². The number of aliphatic imine (C=N–C) groups is 1. The van der Waals surface area contributed by atoms with Gasteiger partial charge in [0.25, 0.3) is 0 Å². The Morgan fingerprint density at radius 3 is 2.21 bits per heavy atom. The van der Waals surface area contributed by atoms with E-state index in [9.17, 15) is 0 Å². The lowest BCUT2D eigenvalue weighted by Crippen LogP contribution is -2.39. The number of nitrogens with one attached hydrogen (secondary N) is 2. The van der Waals surface area contributed by atoms with Crippen molar-refractivity contribution in [3.63, 3.8) is 0 Å². The van der Waals surface area contributed by atoms with E-state index >= 15 is 0 Å². The largest absolute Gasteiger partial charge is 0.356 e. The molecule has 0 saturated heterocycles. The molecule has 0 bridgehead atoms. The molecule has 5 heteroatoms. The van der Waals surface area contributed by atoms with Crippen molar-refractivity contribution in [2.75, 3.05) is 34.7 Å². The second kappa shape index (κ2) is 12.2. The number of benzene rings is 2. The van der Waals surface area contributed by atoms with E-state index in [-0.39, 0.29) is 0 Å². The lowest BCUT2D eigenvalue weighted by atomic mass is 10.1. The molecule has 158 valence electrons. The van der Waals surface area contributed by atoms with Crippen LogP contribution < -0.4 is 10.6 Å². The first-order chi connectivity index (χ1) is 14.0. The zero-order valence-electron chi connectivity index (χ0n) is 18.7. The van der Waals surface area contributed by atoms with Gasteiger partial charge < -0.3 is 15.5 Å². The van der Waals surface area contributed by atoms with Gasteiger partial charge in [0.1, 0.15) is 0 Å². The van der Waals surface area contributed by atoms with E-state index in [1.54, 1.807) is 0 Å². The fourth-order valence-corrected chi connectivity index (χ4v) is 3.27.